The second-order valence-corrected chi connectivity index (χ2v) is 7.28. The maximum atomic E-state index is 13.0. The fourth-order valence-electron chi connectivity index (χ4n) is 3.08. The van der Waals surface area contributed by atoms with Crippen LogP contribution in [-0.4, -0.2) is 48.1 Å². The Balaban J connectivity index is 1.83. The van der Waals surface area contributed by atoms with Gasteiger partial charge in [0.25, 0.3) is 0 Å². The number of hydrogen-bond acceptors (Lipinski definition) is 8. The van der Waals surface area contributed by atoms with Crippen molar-refractivity contribution in [1.82, 2.24) is 15.0 Å². The number of methoxy groups -OCH3 is 1. The summed E-state index contributed by atoms with van der Waals surface area (Å²) in [6, 6.07) is 5.09. The van der Waals surface area contributed by atoms with Crippen LogP contribution in [0.25, 0.3) is 10.9 Å². The van der Waals surface area contributed by atoms with Crippen LogP contribution in [-0.2, 0) is 17.5 Å². The highest BCUT2D eigenvalue weighted by atomic mass is 19.4. The van der Waals surface area contributed by atoms with Crippen LogP contribution in [0.2, 0.25) is 0 Å². The average molecular weight is 505 g/mol. The molecule has 0 aliphatic heterocycles. The molecule has 0 amide bonds. The molecule has 0 unspecified atom stereocenters. The van der Waals surface area contributed by atoms with Gasteiger partial charge in [-0.15, -0.1) is 0 Å². The maximum absolute atomic E-state index is 13.0. The number of benzene rings is 1. The van der Waals surface area contributed by atoms with Gasteiger partial charge >= 0.3 is 12.4 Å². The van der Waals surface area contributed by atoms with Crippen molar-refractivity contribution in [2.75, 3.05) is 38.0 Å². The van der Waals surface area contributed by atoms with E-state index in [9.17, 15) is 26.3 Å². The number of rotatable bonds is 9. The van der Waals surface area contributed by atoms with Crippen LogP contribution in [0.3, 0.4) is 0 Å². The molecule has 0 atom stereocenters. The second-order valence-electron chi connectivity index (χ2n) is 7.28. The van der Waals surface area contributed by atoms with Crippen molar-refractivity contribution < 1.29 is 40.6 Å². The molecule has 1 aromatic carbocycles. The van der Waals surface area contributed by atoms with Crippen molar-refractivity contribution in [2.24, 2.45) is 0 Å². The number of nitrogens with two attached hydrogens (primary N) is 1. The lowest BCUT2D eigenvalue weighted by Gasteiger charge is -2.15. The van der Waals surface area contributed by atoms with Gasteiger partial charge in [-0.25, -0.2) is 15.0 Å². The molecule has 3 rings (SSSR count). The Morgan fingerprint density at radius 2 is 1.69 bits per heavy atom. The van der Waals surface area contributed by atoms with Crippen molar-refractivity contribution in [2.45, 2.75) is 25.8 Å². The summed E-state index contributed by atoms with van der Waals surface area (Å²) in [4.78, 5) is 12.2. The molecule has 0 fully saturated rings. The molecule has 0 aliphatic rings. The van der Waals surface area contributed by atoms with Gasteiger partial charge < -0.3 is 25.3 Å². The first-order chi connectivity index (χ1) is 16.4. The van der Waals surface area contributed by atoms with E-state index in [1.54, 1.807) is 13.0 Å². The summed E-state index contributed by atoms with van der Waals surface area (Å²) in [5.41, 5.74) is 4.85. The fourth-order valence-corrected chi connectivity index (χ4v) is 3.08. The number of nitrogens with one attached hydrogen (secondary N) is 1. The zero-order valence-corrected chi connectivity index (χ0v) is 18.5. The molecule has 2 heterocycles. The molecule has 3 N–H and O–H groups in total. The van der Waals surface area contributed by atoms with Crippen molar-refractivity contribution in [1.29, 1.82) is 0 Å². The molecule has 190 valence electrons. The maximum Gasteiger partial charge on any atom is 0.433 e. The molecule has 0 aliphatic carbocycles. The van der Waals surface area contributed by atoms with Gasteiger partial charge in [-0.1, -0.05) is 0 Å². The molecule has 3 aromatic rings. The first-order valence-corrected chi connectivity index (χ1v) is 10.1. The molecule has 0 radical (unpaired) electrons. The first-order valence-electron chi connectivity index (χ1n) is 10.1. The van der Waals surface area contributed by atoms with E-state index >= 15 is 0 Å². The van der Waals surface area contributed by atoms with Gasteiger partial charge in [0.15, 0.2) is 11.5 Å². The molecule has 0 saturated heterocycles. The normalized spacial score (nSPS) is 12.1. The Labute approximate surface area is 195 Å². The number of anilines is 2. The number of fused-ring (bicyclic) bond motifs is 1. The van der Waals surface area contributed by atoms with E-state index in [0.717, 1.165) is 6.07 Å². The molecule has 2 aromatic heterocycles. The van der Waals surface area contributed by atoms with Crippen molar-refractivity contribution in [3.8, 4) is 11.5 Å². The Morgan fingerprint density at radius 1 is 0.943 bits per heavy atom. The quantitative estimate of drug-likeness (QED) is 0.323. The summed E-state index contributed by atoms with van der Waals surface area (Å²) in [5.74, 6) is 1.09. The summed E-state index contributed by atoms with van der Waals surface area (Å²) in [7, 11) is 1.38. The third-order valence-electron chi connectivity index (χ3n) is 4.47. The van der Waals surface area contributed by atoms with E-state index in [-0.39, 0.29) is 48.5 Å². The average Bonchev–Trinajstić information content (AvgIpc) is 2.75. The van der Waals surface area contributed by atoms with Gasteiger partial charge in [0.1, 0.15) is 30.5 Å². The van der Waals surface area contributed by atoms with Crippen LogP contribution >= 0.6 is 0 Å². The lowest BCUT2D eigenvalue weighted by atomic mass is 10.2. The summed E-state index contributed by atoms with van der Waals surface area (Å²) < 4.78 is 91.1. The van der Waals surface area contributed by atoms with Crippen LogP contribution in [0.1, 0.15) is 17.2 Å². The van der Waals surface area contributed by atoms with Crippen molar-refractivity contribution in [3.05, 3.63) is 41.5 Å². The minimum atomic E-state index is -4.66. The molecule has 14 heteroatoms. The van der Waals surface area contributed by atoms with E-state index in [0.29, 0.717) is 16.7 Å². The van der Waals surface area contributed by atoms with Crippen molar-refractivity contribution in [3.63, 3.8) is 0 Å². The largest absolute Gasteiger partial charge is 0.493 e. The lowest BCUT2D eigenvalue weighted by molar-refractivity contribution is -0.175. The monoisotopic (exact) mass is 505 g/mol. The predicted molar refractivity (Wildman–Crippen MR) is 114 cm³/mol. The van der Waals surface area contributed by atoms with E-state index in [2.05, 4.69) is 25.0 Å². The standard InChI is InChI=1S/C21H21F6N5O3/c1-11-30-15-8-16(33-2)17(35-4-3-34-10-20(22,23)24)7-14(15)19(31-11)29-9-13-5-12(28)6-18(32-13)21(25,26)27/h5-8H,3-4,9-10H2,1-2H3,(H2,28,32)(H,29,30,31). The predicted octanol–water partition coefficient (Wildman–Crippen LogP) is 4.51. The molecular formula is C21H21F6N5O3. The number of ether oxygens (including phenoxy) is 3. The van der Waals surface area contributed by atoms with Gasteiger partial charge in [0.2, 0.25) is 0 Å². The van der Waals surface area contributed by atoms with Gasteiger partial charge in [0, 0.05) is 17.1 Å². The number of hydrogen-bond donors (Lipinski definition) is 2. The summed E-state index contributed by atoms with van der Waals surface area (Å²) >= 11 is 0. The smallest absolute Gasteiger partial charge is 0.433 e. The number of halogens is 6. The topological polar surface area (TPSA) is 104 Å². The lowest BCUT2D eigenvalue weighted by Crippen LogP contribution is -2.19. The van der Waals surface area contributed by atoms with Gasteiger partial charge in [-0.05, 0) is 25.1 Å². The van der Waals surface area contributed by atoms with Crippen LogP contribution in [0.4, 0.5) is 37.8 Å². The van der Waals surface area contributed by atoms with E-state index in [1.807, 2.05) is 0 Å². The summed E-state index contributed by atoms with van der Waals surface area (Å²) in [5, 5.41) is 3.36. The Morgan fingerprint density at radius 3 is 2.34 bits per heavy atom. The van der Waals surface area contributed by atoms with Crippen LogP contribution in [0, 0.1) is 6.92 Å². The van der Waals surface area contributed by atoms with Gasteiger partial charge in [-0.3, -0.25) is 0 Å². The van der Waals surface area contributed by atoms with Crippen LogP contribution in [0.5, 0.6) is 11.5 Å². The summed E-state index contributed by atoms with van der Waals surface area (Å²) in [6.07, 6.45) is -9.11. The molecule has 35 heavy (non-hydrogen) atoms. The van der Waals surface area contributed by atoms with Crippen molar-refractivity contribution >= 4 is 22.4 Å². The number of pyridine rings is 1. The van der Waals surface area contributed by atoms with Crippen LogP contribution < -0.4 is 20.5 Å². The number of nitrogens with zero attached hydrogens (tertiary/aromatic N) is 3. The van der Waals surface area contributed by atoms with E-state index in [4.69, 9.17) is 15.2 Å². The summed E-state index contributed by atoms with van der Waals surface area (Å²) in [6.45, 7) is -0.423. The van der Waals surface area contributed by atoms with Crippen LogP contribution in [0.15, 0.2) is 24.3 Å². The highest BCUT2D eigenvalue weighted by Crippen LogP contribution is 2.35. The van der Waals surface area contributed by atoms with E-state index < -0.39 is 24.7 Å². The number of aromatic nitrogens is 3. The molecule has 8 nitrogen and oxygen atoms in total. The third kappa shape index (κ3) is 7.21. The Kier molecular flexibility index (Phi) is 7.73. The third-order valence-corrected chi connectivity index (χ3v) is 4.47. The second kappa shape index (κ2) is 10.4. The molecule has 0 saturated carbocycles. The number of aryl methyl sites for hydroxylation is 1. The Hall–Kier alpha value is -3.55. The highest BCUT2D eigenvalue weighted by molar-refractivity contribution is 5.91. The first kappa shape index (κ1) is 26.1. The number of nitrogen functional groups attached to an aromatic ring is 1. The Bertz CT molecular complexity index is 1190. The molecule has 0 bridgehead atoms. The van der Waals surface area contributed by atoms with E-state index in [1.165, 1.54) is 19.2 Å². The van der Waals surface area contributed by atoms with Gasteiger partial charge in [-0.2, -0.15) is 26.3 Å². The minimum Gasteiger partial charge on any atom is -0.493 e. The molecular weight excluding hydrogens is 484 g/mol. The minimum absolute atomic E-state index is 0.0357. The fraction of sp³-hybridized carbons (Fsp3) is 0.381. The highest BCUT2D eigenvalue weighted by Gasteiger charge is 2.33. The van der Waals surface area contributed by atoms with Gasteiger partial charge in [0.05, 0.1) is 31.5 Å². The number of alkyl halides is 6. The zero-order valence-electron chi connectivity index (χ0n) is 18.5. The zero-order chi connectivity index (χ0) is 25.8. The molecule has 0 spiro atoms. The SMILES string of the molecule is COc1cc2nc(C)nc(NCc3cc(N)cc(C(F)(F)F)n3)c2cc1OCCOCC(F)(F)F.